The molecule has 2 aliphatic heterocycles. The zero-order valence-electron chi connectivity index (χ0n) is 21.1. The molecular formula is C26H34N4O5S. The maximum absolute atomic E-state index is 12.9. The van der Waals surface area contributed by atoms with Crippen molar-refractivity contribution in [1.29, 1.82) is 0 Å². The molecule has 2 aliphatic rings. The van der Waals surface area contributed by atoms with Crippen molar-refractivity contribution in [2.75, 3.05) is 50.5 Å². The summed E-state index contributed by atoms with van der Waals surface area (Å²) in [5.74, 6) is 0.111. The van der Waals surface area contributed by atoms with Crippen LogP contribution in [0.4, 0.5) is 11.4 Å². The van der Waals surface area contributed by atoms with E-state index in [2.05, 4.69) is 10.2 Å². The Balaban J connectivity index is 1.48. The summed E-state index contributed by atoms with van der Waals surface area (Å²) in [6.07, 6.45) is 3.00. The number of hydrogen-bond donors (Lipinski definition) is 1. The normalized spacial score (nSPS) is 18.6. The number of sulfonamides is 1. The summed E-state index contributed by atoms with van der Waals surface area (Å²) in [7, 11) is 0.419. The van der Waals surface area contributed by atoms with Gasteiger partial charge in [-0.1, -0.05) is 6.42 Å². The zero-order valence-corrected chi connectivity index (χ0v) is 21.9. The Bertz CT molecular complexity index is 1210. The Morgan fingerprint density at radius 1 is 1.08 bits per heavy atom. The second kappa shape index (κ2) is 11.0. The standard InChI is InChI=1S/C26H34N4O5S/c1-19-26(32)30(17-7-14-28(2)3)23-18-21(10-13-24(23)35-19)27-25(31)20-8-11-22(12-9-20)36(33,34)29-15-5-4-6-16-29/h8-13,18-19H,4-7,14-17H2,1-3H3,(H,27,31). The Morgan fingerprint density at radius 2 is 1.78 bits per heavy atom. The number of nitrogens with one attached hydrogen (secondary N) is 1. The molecule has 4 rings (SSSR count). The number of carbonyl (C=O) groups excluding carboxylic acids is 2. The van der Waals surface area contributed by atoms with E-state index < -0.39 is 16.1 Å². The van der Waals surface area contributed by atoms with Crippen molar-refractivity contribution >= 4 is 33.2 Å². The number of fused-ring (bicyclic) bond motifs is 1. The molecule has 2 amide bonds. The second-order valence-corrected chi connectivity index (χ2v) is 11.5. The molecule has 1 atom stereocenters. The van der Waals surface area contributed by atoms with Gasteiger partial charge in [-0.25, -0.2) is 8.42 Å². The minimum Gasteiger partial charge on any atom is -0.479 e. The zero-order chi connectivity index (χ0) is 25.9. The van der Waals surface area contributed by atoms with E-state index in [4.69, 9.17) is 4.74 Å². The SMILES string of the molecule is CC1Oc2ccc(NC(=O)c3ccc(S(=O)(=O)N4CCCCC4)cc3)cc2N(CCCN(C)C)C1=O. The van der Waals surface area contributed by atoms with E-state index in [0.717, 1.165) is 32.2 Å². The Hall–Kier alpha value is -2.95. The van der Waals surface area contributed by atoms with Gasteiger partial charge in [-0.3, -0.25) is 9.59 Å². The number of anilines is 2. The lowest BCUT2D eigenvalue weighted by atomic mass is 10.1. The molecular weight excluding hydrogens is 480 g/mol. The van der Waals surface area contributed by atoms with Crippen molar-refractivity contribution in [3.63, 3.8) is 0 Å². The third-order valence-corrected chi connectivity index (χ3v) is 8.39. The fraction of sp³-hybridized carbons (Fsp3) is 0.462. The first kappa shape index (κ1) is 26.1. The molecule has 36 heavy (non-hydrogen) atoms. The van der Waals surface area contributed by atoms with Crippen molar-refractivity contribution in [2.24, 2.45) is 0 Å². The molecule has 194 valence electrons. The van der Waals surface area contributed by atoms with Gasteiger partial charge in [0.15, 0.2) is 6.10 Å². The van der Waals surface area contributed by atoms with E-state index in [0.29, 0.717) is 42.3 Å². The lowest BCUT2D eigenvalue weighted by Crippen LogP contribution is -2.45. The number of piperidine rings is 1. The molecule has 0 radical (unpaired) electrons. The Kier molecular flexibility index (Phi) is 7.97. The summed E-state index contributed by atoms with van der Waals surface area (Å²) < 4.78 is 33.0. The third kappa shape index (κ3) is 5.71. The molecule has 0 saturated carbocycles. The van der Waals surface area contributed by atoms with Gasteiger partial charge in [0.25, 0.3) is 11.8 Å². The molecule has 9 nitrogen and oxygen atoms in total. The number of amides is 2. The van der Waals surface area contributed by atoms with Crippen molar-refractivity contribution in [1.82, 2.24) is 9.21 Å². The maximum Gasteiger partial charge on any atom is 0.267 e. The number of hydrogen-bond acceptors (Lipinski definition) is 6. The third-order valence-electron chi connectivity index (χ3n) is 6.48. The summed E-state index contributed by atoms with van der Waals surface area (Å²) in [5.41, 5.74) is 1.49. The molecule has 1 unspecified atom stereocenters. The average Bonchev–Trinajstić information content (AvgIpc) is 2.87. The van der Waals surface area contributed by atoms with Crippen molar-refractivity contribution in [2.45, 2.75) is 43.6 Å². The summed E-state index contributed by atoms with van der Waals surface area (Å²) in [4.78, 5) is 29.7. The van der Waals surface area contributed by atoms with Crippen molar-refractivity contribution in [3.05, 3.63) is 48.0 Å². The van der Waals surface area contributed by atoms with Gasteiger partial charge < -0.3 is 19.9 Å². The highest BCUT2D eigenvalue weighted by Gasteiger charge is 2.31. The molecule has 0 aliphatic carbocycles. The molecule has 0 spiro atoms. The fourth-order valence-electron chi connectivity index (χ4n) is 4.50. The first-order valence-electron chi connectivity index (χ1n) is 12.4. The van der Waals surface area contributed by atoms with Gasteiger partial charge in [-0.2, -0.15) is 4.31 Å². The number of rotatable bonds is 8. The van der Waals surface area contributed by atoms with Crippen LogP contribution in [0.5, 0.6) is 5.75 Å². The van der Waals surface area contributed by atoms with Crippen LogP contribution in [0, 0.1) is 0 Å². The van der Waals surface area contributed by atoms with Gasteiger partial charge in [0.2, 0.25) is 10.0 Å². The van der Waals surface area contributed by atoms with Crippen LogP contribution >= 0.6 is 0 Å². The molecule has 2 aromatic rings. The Morgan fingerprint density at radius 3 is 2.44 bits per heavy atom. The van der Waals surface area contributed by atoms with Crippen LogP contribution in [0.25, 0.3) is 0 Å². The molecule has 0 aromatic heterocycles. The van der Waals surface area contributed by atoms with Crippen LogP contribution in [0.15, 0.2) is 47.4 Å². The number of nitrogens with zero attached hydrogens (tertiary/aromatic N) is 3. The van der Waals surface area contributed by atoms with E-state index in [-0.39, 0.29) is 16.7 Å². The summed E-state index contributed by atoms with van der Waals surface area (Å²) >= 11 is 0. The molecule has 2 heterocycles. The van der Waals surface area contributed by atoms with Crippen LogP contribution in [0.1, 0.15) is 43.0 Å². The fourth-order valence-corrected chi connectivity index (χ4v) is 6.01. The predicted octanol–water partition coefficient (Wildman–Crippen LogP) is 3.18. The second-order valence-electron chi connectivity index (χ2n) is 9.53. The summed E-state index contributed by atoms with van der Waals surface area (Å²) in [5, 5.41) is 2.85. The molecule has 1 N–H and O–H groups in total. The number of carbonyl (C=O) groups is 2. The van der Waals surface area contributed by atoms with Gasteiger partial charge in [0.1, 0.15) is 5.75 Å². The Labute approximate surface area is 213 Å². The van der Waals surface area contributed by atoms with Gasteiger partial charge in [-0.15, -0.1) is 0 Å². The highest BCUT2D eigenvalue weighted by atomic mass is 32.2. The number of ether oxygens (including phenoxy) is 1. The predicted molar refractivity (Wildman–Crippen MR) is 139 cm³/mol. The van der Waals surface area contributed by atoms with Crippen LogP contribution in [-0.2, 0) is 14.8 Å². The summed E-state index contributed by atoms with van der Waals surface area (Å²) in [6.45, 7) is 4.17. The van der Waals surface area contributed by atoms with Gasteiger partial charge >= 0.3 is 0 Å². The van der Waals surface area contributed by atoms with E-state index in [1.165, 1.54) is 28.6 Å². The molecule has 2 aromatic carbocycles. The van der Waals surface area contributed by atoms with E-state index in [1.54, 1.807) is 30.0 Å². The molecule has 0 bridgehead atoms. The van der Waals surface area contributed by atoms with Crippen LogP contribution in [0.3, 0.4) is 0 Å². The van der Waals surface area contributed by atoms with E-state index in [1.807, 2.05) is 14.1 Å². The smallest absolute Gasteiger partial charge is 0.267 e. The van der Waals surface area contributed by atoms with Gasteiger partial charge in [0, 0.05) is 30.9 Å². The molecule has 10 heteroatoms. The lowest BCUT2D eigenvalue weighted by Gasteiger charge is -2.33. The minimum absolute atomic E-state index is 0.116. The van der Waals surface area contributed by atoms with Gasteiger partial charge in [-0.05, 0) is 89.3 Å². The van der Waals surface area contributed by atoms with Crippen LogP contribution < -0.4 is 15.0 Å². The highest BCUT2D eigenvalue weighted by molar-refractivity contribution is 7.89. The first-order chi connectivity index (χ1) is 17.2. The first-order valence-corrected chi connectivity index (χ1v) is 13.8. The lowest BCUT2D eigenvalue weighted by molar-refractivity contribution is -0.125. The molecule has 1 fully saturated rings. The minimum atomic E-state index is -3.56. The van der Waals surface area contributed by atoms with Crippen molar-refractivity contribution in [3.8, 4) is 5.75 Å². The molecule has 1 saturated heterocycles. The largest absolute Gasteiger partial charge is 0.479 e. The summed E-state index contributed by atoms with van der Waals surface area (Å²) in [6, 6.07) is 11.2. The van der Waals surface area contributed by atoms with E-state index in [9.17, 15) is 18.0 Å². The number of benzene rings is 2. The quantitative estimate of drug-likeness (QED) is 0.581. The van der Waals surface area contributed by atoms with Crippen LogP contribution in [0.2, 0.25) is 0 Å². The van der Waals surface area contributed by atoms with E-state index >= 15 is 0 Å². The van der Waals surface area contributed by atoms with Crippen molar-refractivity contribution < 1.29 is 22.7 Å². The van der Waals surface area contributed by atoms with Crippen LogP contribution in [-0.4, -0.2) is 75.8 Å². The monoisotopic (exact) mass is 514 g/mol. The maximum atomic E-state index is 12.9. The topological polar surface area (TPSA) is 99.3 Å². The highest BCUT2D eigenvalue weighted by Crippen LogP contribution is 2.36. The average molecular weight is 515 g/mol. The van der Waals surface area contributed by atoms with Gasteiger partial charge in [0.05, 0.1) is 10.6 Å².